The van der Waals surface area contributed by atoms with E-state index in [1.54, 1.807) is 0 Å². The van der Waals surface area contributed by atoms with Gasteiger partial charge in [-0.1, -0.05) is 0 Å². The predicted molar refractivity (Wildman–Crippen MR) is 57.6 cm³/mol. The molecule has 2 N–H and O–H groups in total. The van der Waals surface area contributed by atoms with Gasteiger partial charge in [-0.25, -0.2) is 4.79 Å². The molecule has 1 unspecified atom stereocenters. The predicted octanol–water partition coefficient (Wildman–Crippen LogP) is 0.534. The molecule has 0 amide bonds. The van der Waals surface area contributed by atoms with Crippen LogP contribution in [0.1, 0.15) is 22.0 Å². The summed E-state index contributed by atoms with van der Waals surface area (Å²) in [4.78, 5) is 31.3. The van der Waals surface area contributed by atoms with Gasteiger partial charge >= 0.3 is 11.7 Å². The first-order chi connectivity index (χ1) is 8.42. The second-order valence-electron chi connectivity index (χ2n) is 3.28. The average molecular weight is 255 g/mol. The second-order valence-corrected chi connectivity index (χ2v) is 3.28. The molecule has 0 bridgehead atoms. The summed E-state index contributed by atoms with van der Waals surface area (Å²) in [6.45, 7) is 0. The number of hydrogen-bond donors (Lipinski definition) is 2. The van der Waals surface area contributed by atoms with Crippen molar-refractivity contribution in [2.45, 2.75) is 6.10 Å². The number of carbonyl (C=O) groups excluding carboxylic acids is 1. The van der Waals surface area contributed by atoms with Gasteiger partial charge in [0.15, 0.2) is 18.1 Å². The lowest BCUT2D eigenvalue weighted by Crippen LogP contribution is -2.11. The zero-order chi connectivity index (χ0) is 13.9. The molecular weight excluding hydrogens is 246 g/mol. The Balaban J connectivity index is 3.48. The number of aliphatic carboxylic acids is 1. The highest BCUT2D eigenvalue weighted by molar-refractivity contribution is 5.85. The standard InChI is InChI=1S/C10H9NO7/c1-18-7-3-5(9(13)10(14)15)2-6(4-12)8(7)11(16)17/h2-4,9,13H,1H3,(H,14,15). The van der Waals surface area contributed by atoms with E-state index >= 15 is 0 Å². The van der Waals surface area contributed by atoms with Crippen molar-refractivity contribution in [2.24, 2.45) is 0 Å². The third-order valence-corrected chi connectivity index (χ3v) is 2.21. The molecule has 0 aliphatic rings. The van der Waals surface area contributed by atoms with Crippen LogP contribution in [0.25, 0.3) is 0 Å². The summed E-state index contributed by atoms with van der Waals surface area (Å²) in [5.74, 6) is -1.83. The number of aliphatic hydroxyl groups excluding tert-OH is 1. The van der Waals surface area contributed by atoms with Crippen molar-refractivity contribution in [2.75, 3.05) is 7.11 Å². The number of aldehydes is 1. The fourth-order valence-corrected chi connectivity index (χ4v) is 1.39. The Hall–Kier alpha value is -2.48. The number of nitro groups is 1. The number of carboxylic acids is 1. The molecule has 1 atom stereocenters. The zero-order valence-corrected chi connectivity index (χ0v) is 9.19. The van der Waals surface area contributed by atoms with E-state index in [4.69, 9.17) is 9.84 Å². The van der Waals surface area contributed by atoms with Crippen molar-refractivity contribution in [3.8, 4) is 5.75 Å². The molecule has 8 heteroatoms. The fraction of sp³-hybridized carbons (Fsp3) is 0.200. The highest BCUT2D eigenvalue weighted by Gasteiger charge is 2.26. The normalized spacial score (nSPS) is 11.7. The SMILES string of the molecule is COc1cc(C(O)C(=O)O)cc(C=O)c1[N+](=O)[O-]. The molecule has 8 nitrogen and oxygen atoms in total. The molecule has 0 aliphatic heterocycles. The van der Waals surface area contributed by atoms with E-state index in [0.717, 1.165) is 19.2 Å². The van der Waals surface area contributed by atoms with Crippen molar-refractivity contribution in [3.05, 3.63) is 33.4 Å². The minimum Gasteiger partial charge on any atom is -0.490 e. The van der Waals surface area contributed by atoms with Crippen LogP contribution in [0.2, 0.25) is 0 Å². The number of rotatable bonds is 5. The van der Waals surface area contributed by atoms with Crippen LogP contribution in [-0.2, 0) is 4.79 Å². The van der Waals surface area contributed by atoms with E-state index in [2.05, 4.69) is 0 Å². The number of nitrogens with zero attached hydrogens (tertiary/aromatic N) is 1. The van der Waals surface area contributed by atoms with Gasteiger partial charge in [-0.3, -0.25) is 14.9 Å². The van der Waals surface area contributed by atoms with Crippen molar-refractivity contribution >= 4 is 17.9 Å². The molecule has 96 valence electrons. The first-order valence-electron chi connectivity index (χ1n) is 4.64. The molecule has 0 spiro atoms. The van der Waals surface area contributed by atoms with Gasteiger partial charge in [0.2, 0.25) is 0 Å². The van der Waals surface area contributed by atoms with E-state index in [-0.39, 0.29) is 23.2 Å². The van der Waals surface area contributed by atoms with Crippen molar-refractivity contribution in [1.82, 2.24) is 0 Å². The van der Waals surface area contributed by atoms with Crippen LogP contribution in [0.4, 0.5) is 5.69 Å². The van der Waals surface area contributed by atoms with Gasteiger partial charge in [0.1, 0.15) is 0 Å². The topological polar surface area (TPSA) is 127 Å². The maximum Gasteiger partial charge on any atom is 0.337 e. The van der Waals surface area contributed by atoms with Crippen LogP contribution in [0.3, 0.4) is 0 Å². The molecule has 0 aromatic heterocycles. The highest BCUT2D eigenvalue weighted by Crippen LogP contribution is 2.33. The number of ether oxygens (including phenoxy) is 1. The number of benzene rings is 1. The number of nitro benzene ring substituents is 1. The molecule has 0 saturated carbocycles. The lowest BCUT2D eigenvalue weighted by molar-refractivity contribution is -0.386. The van der Waals surface area contributed by atoms with Crippen molar-refractivity contribution < 1.29 is 29.5 Å². The van der Waals surface area contributed by atoms with E-state index < -0.39 is 22.7 Å². The fourth-order valence-electron chi connectivity index (χ4n) is 1.39. The molecule has 1 aromatic rings. The Morgan fingerprint density at radius 2 is 2.17 bits per heavy atom. The number of carboxylic acid groups (broad SMARTS) is 1. The Morgan fingerprint density at radius 1 is 1.56 bits per heavy atom. The van der Waals surface area contributed by atoms with Gasteiger partial charge in [0.05, 0.1) is 17.6 Å². The van der Waals surface area contributed by atoms with E-state index in [0.29, 0.717) is 0 Å². The molecule has 0 aliphatic carbocycles. The van der Waals surface area contributed by atoms with Crippen LogP contribution < -0.4 is 4.74 Å². The molecule has 1 rings (SSSR count). The first-order valence-corrected chi connectivity index (χ1v) is 4.64. The highest BCUT2D eigenvalue weighted by atomic mass is 16.6. The van der Waals surface area contributed by atoms with Gasteiger partial charge in [-0.15, -0.1) is 0 Å². The van der Waals surface area contributed by atoms with Crippen molar-refractivity contribution in [3.63, 3.8) is 0 Å². The Bertz CT molecular complexity index is 511. The lowest BCUT2D eigenvalue weighted by atomic mass is 10.0. The molecule has 0 heterocycles. The molecule has 0 fully saturated rings. The van der Waals surface area contributed by atoms with Crippen LogP contribution in [-0.4, -0.2) is 34.5 Å². The van der Waals surface area contributed by atoms with E-state index in [1.807, 2.05) is 0 Å². The number of hydrogen-bond acceptors (Lipinski definition) is 6. The maximum absolute atomic E-state index is 10.8. The van der Waals surface area contributed by atoms with Crippen LogP contribution in [0.15, 0.2) is 12.1 Å². The Morgan fingerprint density at radius 3 is 2.56 bits per heavy atom. The zero-order valence-electron chi connectivity index (χ0n) is 9.19. The molecular formula is C10H9NO7. The van der Waals surface area contributed by atoms with Crippen LogP contribution in [0, 0.1) is 10.1 Å². The Labute approximate surface area is 101 Å². The second kappa shape index (κ2) is 5.23. The summed E-state index contributed by atoms with van der Waals surface area (Å²) >= 11 is 0. The quantitative estimate of drug-likeness (QED) is 0.446. The summed E-state index contributed by atoms with van der Waals surface area (Å²) in [7, 11) is 1.13. The monoisotopic (exact) mass is 255 g/mol. The molecule has 18 heavy (non-hydrogen) atoms. The summed E-state index contributed by atoms with van der Waals surface area (Å²) in [6.07, 6.45) is -1.70. The minimum absolute atomic E-state index is 0.174. The summed E-state index contributed by atoms with van der Waals surface area (Å²) in [6, 6.07) is 1.94. The molecule has 0 radical (unpaired) electrons. The lowest BCUT2D eigenvalue weighted by Gasteiger charge is -2.09. The molecule has 1 aromatic carbocycles. The van der Waals surface area contributed by atoms with Gasteiger partial charge in [0, 0.05) is 0 Å². The van der Waals surface area contributed by atoms with Crippen LogP contribution >= 0.6 is 0 Å². The van der Waals surface area contributed by atoms with E-state index in [9.17, 15) is 24.8 Å². The third kappa shape index (κ3) is 2.43. The number of carbonyl (C=O) groups is 2. The smallest absolute Gasteiger partial charge is 0.337 e. The molecule has 0 saturated heterocycles. The van der Waals surface area contributed by atoms with Gasteiger partial charge < -0.3 is 14.9 Å². The minimum atomic E-state index is -1.89. The van der Waals surface area contributed by atoms with Gasteiger partial charge in [0.25, 0.3) is 0 Å². The summed E-state index contributed by atoms with van der Waals surface area (Å²) < 4.78 is 4.72. The summed E-state index contributed by atoms with van der Waals surface area (Å²) in [5, 5.41) is 28.7. The largest absolute Gasteiger partial charge is 0.490 e. The maximum atomic E-state index is 10.8. The Kier molecular flexibility index (Phi) is 3.95. The number of aliphatic hydroxyl groups is 1. The van der Waals surface area contributed by atoms with Gasteiger partial charge in [-0.2, -0.15) is 0 Å². The van der Waals surface area contributed by atoms with Crippen molar-refractivity contribution in [1.29, 1.82) is 0 Å². The first kappa shape index (κ1) is 13.6. The van der Waals surface area contributed by atoms with Crippen LogP contribution in [0.5, 0.6) is 5.75 Å². The number of methoxy groups -OCH3 is 1. The van der Waals surface area contributed by atoms with E-state index in [1.165, 1.54) is 0 Å². The summed E-state index contributed by atoms with van der Waals surface area (Å²) in [5.41, 5.74) is -1.12. The third-order valence-electron chi connectivity index (χ3n) is 2.21. The van der Waals surface area contributed by atoms with Gasteiger partial charge in [-0.05, 0) is 17.7 Å². The average Bonchev–Trinajstić information content (AvgIpc) is 2.35.